The first-order valence-electron chi connectivity index (χ1n) is 3.03. The van der Waals surface area contributed by atoms with Crippen LogP contribution in [-0.4, -0.2) is 0 Å². The van der Waals surface area contributed by atoms with Crippen LogP contribution in [-0.2, 0) is 6.18 Å². The van der Waals surface area contributed by atoms with Gasteiger partial charge in [0.1, 0.15) is 0 Å². The maximum atomic E-state index is 12.0. The zero-order valence-corrected chi connectivity index (χ0v) is 6.58. The van der Waals surface area contributed by atoms with Crippen LogP contribution in [0.5, 0.6) is 0 Å². The van der Waals surface area contributed by atoms with Gasteiger partial charge in [-0.15, -0.1) is 0 Å². The molecular weight excluding hydrogens is 189 g/mol. The van der Waals surface area contributed by atoms with E-state index in [1.165, 1.54) is 0 Å². The molecule has 0 atom stereocenters. The summed E-state index contributed by atoms with van der Waals surface area (Å²) in [6.45, 7) is 5.23. The highest BCUT2D eigenvalue weighted by molar-refractivity contribution is 6.31. The fourth-order valence-electron chi connectivity index (χ4n) is 0.703. The van der Waals surface area contributed by atoms with E-state index in [9.17, 15) is 13.2 Å². The van der Waals surface area contributed by atoms with Crippen molar-refractivity contribution in [2.75, 3.05) is 0 Å². The molecule has 0 fully saturated rings. The van der Waals surface area contributed by atoms with Crippen molar-refractivity contribution in [3.63, 3.8) is 0 Å². The maximum absolute atomic E-state index is 12.0. The van der Waals surface area contributed by atoms with Crippen LogP contribution in [0.15, 0.2) is 18.2 Å². The van der Waals surface area contributed by atoms with Crippen molar-refractivity contribution in [1.29, 1.82) is 0 Å². The summed E-state index contributed by atoms with van der Waals surface area (Å²) in [5.74, 6) is 0. The van der Waals surface area contributed by atoms with Crippen molar-refractivity contribution < 1.29 is 13.2 Å². The summed E-state index contributed by atoms with van der Waals surface area (Å²) >= 11 is 5.39. The van der Waals surface area contributed by atoms with E-state index < -0.39 is 11.7 Å². The van der Waals surface area contributed by atoms with Gasteiger partial charge in [-0.2, -0.15) is 13.2 Å². The van der Waals surface area contributed by atoms with E-state index in [-0.39, 0.29) is 10.6 Å². The summed E-state index contributed by atoms with van der Waals surface area (Å²) in [5, 5.41) is -0.0789. The molecule has 0 aliphatic rings. The van der Waals surface area contributed by atoms with Gasteiger partial charge < -0.3 is 0 Å². The van der Waals surface area contributed by atoms with Crippen LogP contribution in [0.25, 0.3) is 0 Å². The van der Waals surface area contributed by atoms with Gasteiger partial charge in [-0.25, -0.2) is 0 Å². The summed E-state index contributed by atoms with van der Waals surface area (Å²) in [6.07, 6.45) is -4.36. The van der Waals surface area contributed by atoms with Crippen LogP contribution in [0.2, 0.25) is 5.02 Å². The molecule has 0 saturated heterocycles. The highest BCUT2D eigenvalue weighted by atomic mass is 35.5. The standard InChI is InChI=1S/C8H4ClF3/c1-5-2-3-6(4-7(5)9)8(10,11)12/h1-4H. The molecule has 0 saturated carbocycles. The monoisotopic (exact) mass is 192 g/mol. The summed E-state index contributed by atoms with van der Waals surface area (Å²) in [7, 11) is 0. The third kappa shape index (κ3) is 1.91. The Kier molecular flexibility index (Phi) is 2.33. The summed E-state index contributed by atoms with van der Waals surface area (Å²) in [6, 6.07) is 2.82. The molecule has 4 heteroatoms. The first kappa shape index (κ1) is 9.39. The van der Waals surface area contributed by atoms with Gasteiger partial charge in [-0.1, -0.05) is 17.7 Å². The first-order valence-corrected chi connectivity index (χ1v) is 3.41. The van der Waals surface area contributed by atoms with Gasteiger partial charge in [-0.05, 0) is 17.7 Å². The van der Waals surface area contributed by atoms with E-state index >= 15 is 0 Å². The molecule has 1 aromatic carbocycles. The van der Waals surface area contributed by atoms with Gasteiger partial charge in [0.05, 0.1) is 5.56 Å². The fourth-order valence-corrected chi connectivity index (χ4v) is 0.884. The minimum atomic E-state index is -4.36. The summed E-state index contributed by atoms with van der Waals surface area (Å²) in [4.78, 5) is 0. The van der Waals surface area contributed by atoms with E-state index in [1.807, 2.05) is 0 Å². The van der Waals surface area contributed by atoms with Crippen molar-refractivity contribution in [1.82, 2.24) is 0 Å². The van der Waals surface area contributed by atoms with Gasteiger partial charge in [0.15, 0.2) is 0 Å². The van der Waals surface area contributed by atoms with Gasteiger partial charge in [-0.3, -0.25) is 0 Å². The highest BCUT2D eigenvalue weighted by Crippen LogP contribution is 2.31. The predicted octanol–water partition coefficient (Wildman–Crippen LogP) is 3.42. The molecule has 0 unspecified atom stereocenters. The largest absolute Gasteiger partial charge is 0.416 e. The summed E-state index contributed by atoms with van der Waals surface area (Å²) in [5.41, 5.74) is -0.647. The Morgan fingerprint density at radius 2 is 1.83 bits per heavy atom. The van der Waals surface area contributed by atoms with Crippen molar-refractivity contribution in [2.24, 2.45) is 0 Å². The number of alkyl halides is 3. The molecule has 12 heavy (non-hydrogen) atoms. The third-order valence-corrected chi connectivity index (χ3v) is 1.66. The lowest BCUT2D eigenvalue weighted by molar-refractivity contribution is -0.137. The van der Waals surface area contributed by atoms with Crippen molar-refractivity contribution in [3.05, 3.63) is 41.3 Å². The molecule has 0 aliphatic heterocycles. The molecule has 0 N–H and O–H groups in total. The Morgan fingerprint density at radius 3 is 2.25 bits per heavy atom. The second kappa shape index (κ2) is 2.98. The number of hydrogen-bond donors (Lipinski definition) is 0. The van der Waals surface area contributed by atoms with E-state index in [4.69, 9.17) is 18.5 Å². The van der Waals surface area contributed by atoms with Gasteiger partial charge >= 0.3 is 6.18 Å². The molecule has 1 aromatic rings. The van der Waals surface area contributed by atoms with E-state index in [2.05, 4.69) is 0 Å². The van der Waals surface area contributed by atoms with Gasteiger partial charge in [0.2, 0.25) is 0 Å². The molecule has 0 nitrogen and oxygen atoms in total. The number of hydrogen-bond acceptors (Lipinski definition) is 0. The molecule has 64 valence electrons. The topological polar surface area (TPSA) is 0 Å². The Balaban J connectivity index is 3.14. The average Bonchev–Trinajstić information content (AvgIpc) is 1.92. The number of halogens is 4. The zero-order valence-electron chi connectivity index (χ0n) is 5.82. The molecular formula is C8H4ClF3. The second-order valence-corrected chi connectivity index (χ2v) is 2.64. The Bertz CT molecular complexity index is 291. The lowest BCUT2D eigenvalue weighted by Crippen LogP contribution is -2.04. The van der Waals surface area contributed by atoms with Crippen LogP contribution in [0.4, 0.5) is 13.2 Å². The molecule has 0 aromatic heterocycles. The maximum Gasteiger partial charge on any atom is 0.416 e. The minimum Gasteiger partial charge on any atom is -0.166 e. The molecule has 2 radical (unpaired) electrons. The Morgan fingerprint density at radius 1 is 1.25 bits per heavy atom. The first-order chi connectivity index (χ1) is 5.41. The Labute approximate surface area is 73.0 Å². The van der Waals surface area contributed by atoms with E-state index in [0.29, 0.717) is 0 Å². The number of benzene rings is 1. The lowest BCUT2D eigenvalue weighted by atomic mass is 10.1. The predicted molar refractivity (Wildman–Crippen MR) is 39.9 cm³/mol. The fraction of sp³-hybridized carbons (Fsp3) is 0.125. The average molecular weight is 193 g/mol. The minimum absolute atomic E-state index is 0.0789. The molecule has 0 amide bonds. The molecule has 0 spiro atoms. The normalized spacial score (nSPS) is 11.8. The van der Waals surface area contributed by atoms with Crippen LogP contribution < -0.4 is 0 Å². The molecule has 0 aliphatic carbocycles. The van der Waals surface area contributed by atoms with Gasteiger partial charge in [0.25, 0.3) is 0 Å². The van der Waals surface area contributed by atoms with Gasteiger partial charge in [0, 0.05) is 11.9 Å². The van der Waals surface area contributed by atoms with Crippen LogP contribution in [0.3, 0.4) is 0 Å². The van der Waals surface area contributed by atoms with Crippen LogP contribution in [0.1, 0.15) is 11.1 Å². The third-order valence-electron chi connectivity index (χ3n) is 1.33. The Hall–Kier alpha value is -0.700. The lowest BCUT2D eigenvalue weighted by Gasteiger charge is -2.07. The number of rotatable bonds is 0. The van der Waals surface area contributed by atoms with Crippen molar-refractivity contribution in [2.45, 2.75) is 6.18 Å². The highest BCUT2D eigenvalue weighted by Gasteiger charge is 2.30. The van der Waals surface area contributed by atoms with Crippen molar-refractivity contribution >= 4 is 11.6 Å². The zero-order chi connectivity index (χ0) is 9.35. The van der Waals surface area contributed by atoms with E-state index in [1.54, 1.807) is 0 Å². The molecule has 0 heterocycles. The van der Waals surface area contributed by atoms with E-state index in [0.717, 1.165) is 18.2 Å². The smallest absolute Gasteiger partial charge is 0.166 e. The molecule has 1 rings (SSSR count). The van der Waals surface area contributed by atoms with Crippen LogP contribution in [0, 0.1) is 6.92 Å². The summed E-state index contributed by atoms with van der Waals surface area (Å²) < 4.78 is 36.0. The molecule has 0 bridgehead atoms. The SMILES string of the molecule is [CH]c1ccc(C(F)(F)F)cc1Cl. The second-order valence-electron chi connectivity index (χ2n) is 2.23. The quantitative estimate of drug-likeness (QED) is 0.591. The van der Waals surface area contributed by atoms with Crippen molar-refractivity contribution in [3.8, 4) is 0 Å². The van der Waals surface area contributed by atoms with Crippen LogP contribution >= 0.6 is 11.6 Å².